The van der Waals surface area contributed by atoms with Crippen LogP contribution in [0.1, 0.15) is 15.9 Å². The molecule has 0 saturated heterocycles. The van der Waals surface area contributed by atoms with Gasteiger partial charge in [0.2, 0.25) is 0 Å². The molecule has 0 spiro atoms. The van der Waals surface area contributed by atoms with Crippen LogP contribution in [-0.4, -0.2) is 22.3 Å². The first kappa shape index (κ1) is 16.4. The SMILES string of the molecule is CNC(=O)c1cccc2cccc([S@](=O)c3ccccc3CO)c12. The molecule has 24 heavy (non-hydrogen) atoms. The molecule has 4 nitrogen and oxygen atoms in total. The minimum Gasteiger partial charge on any atom is -0.392 e. The van der Waals surface area contributed by atoms with Crippen LogP contribution >= 0.6 is 0 Å². The van der Waals surface area contributed by atoms with Crippen molar-refractivity contribution in [2.45, 2.75) is 16.4 Å². The van der Waals surface area contributed by atoms with Gasteiger partial charge < -0.3 is 10.4 Å². The second kappa shape index (κ2) is 6.95. The van der Waals surface area contributed by atoms with Gasteiger partial charge >= 0.3 is 0 Å². The molecule has 2 N–H and O–H groups in total. The average molecular weight is 339 g/mol. The van der Waals surface area contributed by atoms with Gasteiger partial charge in [0, 0.05) is 22.9 Å². The average Bonchev–Trinajstić information content (AvgIpc) is 2.65. The van der Waals surface area contributed by atoms with Crippen molar-refractivity contribution < 1.29 is 14.1 Å². The molecule has 0 heterocycles. The zero-order valence-electron chi connectivity index (χ0n) is 13.2. The Morgan fingerprint density at radius 2 is 1.67 bits per heavy atom. The van der Waals surface area contributed by atoms with Gasteiger partial charge in [-0.25, -0.2) is 4.21 Å². The summed E-state index contributed by atoms with van der Waals surface area (Å²) in [6.45, 7) is -0.186. The van der Waals surface area contributed by atoms with Crippen molar-refractivity contribution in [3.05, 3.63) is 71.8 Å². The zero-order chi connectivity index (χ0) is 17.1. The summed E-state index contributed by atoms with van der Waals surface area (Å²) in [4.78, 5) is 13.3. The Morgan fingerprint density at radius 1 is 1.00 bits per heavy atom. The molecule has 122 valence electrons. The van der Waals surface area contributed by atoms with Crippen LogP contribution in [0.25, 0.3) is 10.8 Å². The molecule has 0 aliphatic heterocycles. The van der Waals surface area contributed by atoms with Crippen molar-refractivity contribution in [3.8, 4) is 0 Å². The van der Waals surface area contributed by atoms with E-state index in [2.05, 4.69) is 5.32 Å². The molecule has 0 saturated carbocycles. The Balaban J connectivity index is 2.26. The van der Waals surface area contributed by atoms with Crippen LogP contribution in [0.3, 0.4) is 0 Å². The molecule has 0 aromatic heterocycles. The number of carbonyl (C=O) groups excluding carboxylic acids is 1. The van der Waals surface area contributed by atoms with E-state index in [1.165, 1.54) is 0 Å². The summed E-state index contributed by atoms with van der Waals surface area (Å²) in [7, 11) is 0.0696. The highest BCUT2D eigenvalue weighted by molar-refractivity contribution is 7.85. The Labute approximate surface area is 142 Å². The minimum absolute atomic E-state index is 0.186. The summed E-state index contributed by atoms with van der Waals surface area (Å²) in [6.07, 6.45) is 0. The largest absolute Gasteiger partial charge is 0.392 e. The van der Waals surface area contributed by atoms with Crippen LogP contribution in [-0.2, 0) is 17.4 Å². The molecule has 3 rings (SSSR count). The summed E-state index contributed by atoms with van der Waals surface area (Å²) >= 11 is 0. The molecule has 1 amide bonds. The maximum absolute atomic E-state index is 13.2. The van der Waals surface area contributed by atoms with Crippen molar-refractivity contribution in [2.75, 3.05) is 7.05 Å². The fourth-order valence-corrected chi connectivity index (χ4v) is 4.14. The number of hydrogen-bond acceptors (Lipinski definition) is 3. The van der Waals surface area contributed by atoms with Gasteiger partial charge in [0.1, 0.15) is 0 Å². The second-order valence-corrected chi connectivity index (χ2v) is 6.69. The highest BCUT2D eigenvalue weighted by Gasteiger charge is 2.18. The molecule has 5 heteroatoms. The Hall–Kier alpha value is -2.50. The number of aliphatic hydroxyl groups is 1. The first-order chi connectivity index (χ1) is 11.7. The van der Waals surface area contributed by atoms with Crippen molar-refractivity contribution >= 4 is 27.5 Å². The molecule has 1 atom stereocenters. The number of amides is 1. The lowest BCUT2D eigenvalue weighted by Gasteiger charge is -2.12. The van der Waals surface area contributed by atoms with Crippen LogP contribution in [0.2, 0.25) is 0 Å². The summed E-state index contributed by atoms with van der Waals surface area (Å²) in [5.74, 6) is -0.222. The molecule has 0 bridgehead atoms. The van der Waals surface area contributed by atoms with Gasteiger partial charge in [0.15, 0.2) is 0 Å². The van der Waals surface area contributed by atoms with Gasteiger partial charge in [-0.3, -0.25) is 4.79 Å². The van der Waals surface area contributed by atoms with Crippen molar-refractivity contribution in [3.63, 3.8) is 0 Å². The molecule has 0 radical (unpaired) electrons. The normalized spacial score (nSPS) is 12.1. The van der Waals surface area contributed by atoms with E-state index in [0.717, 1.165) is 5.39 Å². The first-order valence-corrected chi connectivity index (χ1v) is 8.66. The zero-order valence-corrected chi connectivity index (χ0v) is 14.0. The van der Waals surface area contributed by atoms with E-state index < -0.39 is 10.8 Å². The monoisotopic (exact) mass is 339 g/mol. The first-order valence-electron chi connectivity index (χ1n) is 7.51. The van der Waals surface area contributed by atoms with E-state index in [-0.39, 0.29) is 12.5 Å². The number of rotatable bonds is 4. The van der Waals surface area contributed by atoms with Crippen LogP contribution in [0.15, 0.2) is 70.5 Å². The van der Waals surface area contributed by atoms with Gasteiger partial charge in [-0.15, -0.1) is 0 Å². The third-order valence-corrected chi connectivity index (χ3v) is 5.42. The van der Waals surface area contributed by atoms with Crippen LogP contribution in [0.4, 0.5) is 0 Å². The van der Waals surface area contributed by atoms with E-state index in [1.54, 1.807) is 49.5 Å². The van der Waals surface area contributed by atoms with Gasteiger partial charge in [0.25, 0.3) is 5.91 Å². The summed E-state index contributed by atoms with van der Waals surface area (Å²) in [5, 5.41) is 13.7. The molecule has 3 aromatic carbocycles. The number of hydrogen-bond donors (Lipinski definition) is 2. The maximum atomic E-state index is 13.2. The third kappa shape index (κ3) is 2.84. The topological polar surface area (TPSA) is 66.4 Å². The smallest absolute Gasteiger partial charge is 0.251 e. The van der Waals surface area contributed by atoms with Gasteiger partial charge in [0.05, 0.1) is 22.3 Å². The predicted octanol–water partition coefficient (Wildman–Crippen LogP) is 2.86. The highest BCUT2D eigenvalue weighted by atomic mass is 32.2. The van der Waals surface area contributed by atoms with Crippen molar-refractivity contribution in [2.24, 2.45) is 0 Å². The molecule has 0 unspecified atom stereocenters. The summed E-state index contributed by atoms with van der Waals surface area (Å²) in [5.41, 5.74) is 1.10. The highest BCUT2D eigenvalue weighted by Crippen LogP contribution is 2.29. The van der Waals surface area contributed by atoms with E-state index in [4.69, 9.17) is 0 Å². The Morgan fingerprint density at radius 3 is 2.38 bits per heavy atom. The number of nitrogens with one attached hydrogen (secondary N) is 1. The molecule has 0 aliphatic rings. The lowest BCUT2D eigenvalue weighted by Crippen LogP contribution is -2.18. The number of carbonyl (C=O) groups is 1. The fraction of sp³-hybridized carbons (Fsp3) is 0.105. The van der Waals surface area contributed by atoms with E-state index >= 15 is 0 Å². The quantitative estimate of drug-likeness (QED) is 0.768. The standard InChI is InChI=1S/C19H17NO3S/c1-20-19(22)15-9-4-7-13-8-5-11-17(18(13)15)24(23)16-10-3-2-6-14(16)12-21/h2-11,21H,12H2,1H3,(H,20,22)/t24-/m1/s1. The van der Waals surface area contributed by atoms with E-state index in [0.29, 0.717) is 26.3 Å². The van der Waals surface area contributed by atoms with Crippen molar-refractivity contribution in [1.82, 2.24) is 5.32 Å². The third-order valence-electron chi connectivity index (χ3n) is 3.88. The van der Waals surface area contributed by atoms with Crippen molar-refractivity contribution in [1.29, 1.82) is 0 Å². The van der Waals surface area contributed by atoms with E-state index in [1.807, 2.05) is 18.2 Å². The number of benzene rings is 3. The Kier molecular flexibility index (Phi) is 4.74. The lowest BCUT2D eigenvalue weighted by atomic mass is 10.0. The van der Waals surface area contributed by atoms with Crippen LogP contribution in [0.5, 0.6) is 0 Å². The minimum atomic E-state index is -1.50. The number of fused-ring (bicyclic) bond motifs is 1. The van der Waals surface area contributed by atoms with Crippen LogP contribution in [0, 0.1) is 0 Å². The van der Waals surface area contributed by atoms with E-state index in [9.17, 15) is 14.1 Å². The molecule has 0 fully saturated rings. The van der Waals surface area contributed by atoms with Gasteiger partial charge in [-0.2, -0.15) is 0 Å². The summed E-state index contributed by atoms with van der Waals surface area (Å²) < 4.78 is 13.2. The summed E-state index contributed by atoms with van der Waals surface area (Å²) in [6, 6.07) is 18.0. The fourth-order valence-electron chi connectivity index (χ4n) is 2.72. The maximum Gasteiger partial charge on any atom is 0.251 e. The lowest BCUT2D eigenvalue weighted by molar-refractivity contribution is 0.0964. The number of aliphatic hydroxyl groups excluding tert-OH is 1. The second-order valence-electron chi connectivity index (χ2n) is 5.27. The molecule has 0 aliphatic carbocycles. The molecule has 3 aromatic rings. The van der Waals surface area contributed by atoms with Crippen LogP contribution < -0.4 is 5.32 Å². The molecular formula is C19H17NO3S. The predicted molar refractivity (Wildman–Crippen MR) is 94.4 cm³/mol. The molecular weight excluding hydrogens is 322 g/mol. The Bertz CT molecular complexity index is 932. The van der Waals surface area contributed by atoms with Gasteiger partial charge in [-0.05, 0) is 29.1 Å². The van der Waals surface area contributed by atoms with Gasteiger partial charge in [-0.1, -0.05) is 42.5 Å².